The van der Waals surface area contributed by atoms with Crippen LogP contribution in [0.4, 0.5) is 0 Å². The summed E-state index contributed by atoms with van der Waals surface area (Å²) >= 11 is 0. The Labute approximate surface area is 366 Å². The molecule has 3 heteroatoms. The molecule has 2 aromatic heterocycles. The van der Waals surface area contributed by atoms with E-state index in [0.29, 0.717) is 5.82 Å². The SMILES string of the molecule is CC1(c2ccccc2)c2ccccc2-c2ccc(-c3cc(-c4cc(-c5cccc(-c6ccccc6)c5)cc(-c5ccc6oc7ccccc7c6c5)c4)nc(-c4ccccc4)n3)cc21. The summed E-state index contributed by atoms with van der Waals surface area (Å²) in [5.74, 6) is 0.682. The van der Waals surface area contributed by atoms with E-state index in [1.54, 1.807) is 0 Å². The lowest BCUT2D eigenvalue weighted by Crippen LogP contribution is -2.22. The Morgan fingerprint density at radius 2 is 0.873 bits per heavy atom. The van der Waals surface area contributed by atoms with Gasteiger partial charge < -0.3 is 4.42 Å². The van der Waals surface area contributed by atoms with E-state index < -0.39 is 0 Å². The number of nitrogens with zero attached hydrogens (tertiary/aromatic N) is 2. The zero-order valence-electron chi connectivity index (χ0n) is 34.7. The molecule has 0 N–H and O–H groups in total. The molecule has 3 nitrogen and oxygen atoms in total. The van der Waals surface area contributed by atoms with Crippen LogP contribution in [0.15, 0.2) is 229 Å². The van der Waals surface area contributed by atoms with Gasteiger partial charge in [-0.2, -0.15) is 0 Å². The van der Waals surface area contributed by atoms with Crippen LogP contribution in [0.3, 0.4) is 0 Å². The maximum absolute atomic E-state index is 6.26. The van der Waals surface area contributed by atoms with Crippen molar-refractivity contribution in [2.24, 2.45) is 0 Å². The first kappa shape index (κ1) is 36.7. The molecule has 9 aromatic carbocycles. The van der Waals surface area contributed by atoms with Crippen molar-refractivity contribution < 1.29 is 4.42 Å². The third-order valence-corrected chi connectivity index (χ3v) is 13.0. The maximum atomic E-state index is 6.26. The van der Waals surface area contributed by atoms with Gasteiger partial charge in [-0.3, -0.25) is 0 Å². The smallest absolute Gasteiger partial charge is 0.160 e. The highest BCUT2D eigenvalue weighted by Crippen LogP contribution is 2.53. The van der Waals surface area contributed by atoms with Crippen molar-refractivity contribution in [2.45, 2.75) is 12.3 Å². The van der Waals surface area contributed by atoms with Crippen molar-refractivity contribution in [2.75, 3.05) is 0 Å². The van der Waals surface area contributed by atoms with Crippen LogP contribution in [0.1, 0.15) is 23.6 Å². The van der Waals surface area contributed by atoms with Gasteiger partial charge in [0.2, 0.25) is 0 Å². The van der Waals surface area contributed by atoms with Crippen LogP contribution in [0.5, 0.6) is 0 Å². The van der Waals surface area contributed by atoms with E-state index in [1.807, 2.05) is 18.2 Å². The minimum Gasteiger partial charge on any atom is -0.456 e. The van der Waals surface area contributed by atoms with Crippen molar-refractivity contribution in [3.63, 3.8) is 0 Å². The van der Waals surface area contributed by atoms with Crippen LogP contribution < -0.4 is 0 Å². The van der Waals surface area contributed by atoms with E-state index in [2.05, 4.69) is 213 Å². The summed E-state index contributed by atoms with van der Waals surface area (Å²) in [7, 11) is 0. The van der Waals surface area contributed by atoms with Gasteiger partial charge in [-0.25, -0.2) is 9.97 Å². The summed E-state index contributed by atoms with van der Waals surface area (Å²) in [6.07, 6.45) is 0. The van der Waals surface area contributed by atoms with Crippen LogP contribution in [0.25, 0.3) is 100 Å². The van der Waals surface area contributed by atoms with Crippen molar-refractivity contribution in [1.82, 2.24) is 9.97 Å². The second-order valence-electron chi connectivity index (χ2n) is 16.7. The highest BCUT2D eigenvalue weighted by atomic mass is 16.3. The van der Waals surface area contributed by atoms with Crippen molar-refractivity contribution in [3.8, 4) is 78.4 Å². The normalized spacial score (nSPS) is 14.2. The molecule has 0 amide bonds. The topological polar surface area (TPSA) is 38.9 Å². The van der Waals surface area contributed by atoms with Gasteiger partial charge in [0.15, 0.2) is 5.82 Å². The standard InChI is InChI=1S/C60H40N2O/c1-60(48-22-9-4-10-23-48)53-26-13-11-24-49(53)50-30-28-44(37-54(50)60)55-38-56(62-59(61-55)40-18-7-3-8-19-40)47-34-45(42-21-15-20-41(32-42)39-16-5-2-6-17-39)33-46(35-47)43-29-31-58-52(36-43)51-25-12-14-27-57(51)63-58/h2-38H,1H3. The lowest BCUT2D eigenvalue weighted by atomic mass is 9.74. The van der Waals surface area contributed by atoms with Crippen LogP contribution in [-0.4, -0.2) is 9.97 Å². The Bertz CT molecular complexity index is 3520. The summed E-state index contributed by atoms with van der Waals surface area (Å²) in [5.41, 5.74) is 19.4. The predicted octanol–water partition coefficient (Wildman–Crippen LogP) is 15.7. The molecule has 1 unspecified atom stereocenters. The first-order valence-electron chi connectivity index (χ1n) is 21.5. The molecule has 0 radical (unpaired) electrons. The van der Waals surface area contributed by atoms with E-state index in [9.17, 15) is 0 Å². The third kappa shape index (κ3) is 6.28. The molecule has 1 atom stereocenters. The molecule has 296 valence electrons. The summed E-state index contributed by atoms with van der Waals surface area (Å²) in [6, 6.07) is 80.2. The van der Waals surface area contributed by atoms with E-state index in [0.717, 1.165) is 72.3 Å². The van der Waals surface area contributed by atoms with E-state index in [1.165, 1.54) is 38.9 Å². The summed E-state index contributed by atoms with van der Waals surface area (Å²) in [6.45, 7) is 2.36. The number of aromatic nitrogens is 2. The fourth-order valence-corrected chi connectivity index (χ4v) is 9.72. The van der Waals surface area contributed by atoms with Gasteiger partial charge in [-0.05, 0) is 123 Å². The molecule has 0 spiro atoms. The Balaban J connectivity index is 1.06. The Morgan fingerprint density at radius 1 is 0.333 bits per heavy atom. The Morgan fingerprint density at radius 3 is 1.65 bits per heavy atom. The number of hydrogen-bond donors (Lipinski definition) is 0. The first-order chi connectivity index (χ1) is 31.1. The van der Waals surface area contributed by atoms with Gasteiger partial charge in [-0.15, -0.1) is 0 Å². The monoisotopic (exact) mass is 804 g/mol. The molecule has 0 fully saturated rings. The van der Waals surface area contributed by atoms with Crippen LogP contribution >= 0.6 is 0 Å². The number of hydrogen-bond acceptors (Lipinski definition) is 3. The quantitative estimate of drug-likeness (QED) is 0.161. The van der Waals surface area contributed by atoms with Gasteiger partial charge in [0, 0.05) is 32.9 Å². The molecular formula is C60H40N2O. The van der Waals surface area contributed by atoms with E-state index in [4.69, 9.17) is 14.4 Å². The molecule has 0 aliphatic heterocycles. The number of rotatable bonds is 7. The average Bonchev–Trinajstić information content (AvgIpc) is 3.87. The van der Waals surface area contributed by atoms with Gasteiger partial charge >= 0.3 is 0 Å². The van der Waals surface area contributed by atoms with Crippen molar-refractivity contribution >= 4 is 21.9 Å². The Kier molecular flexibility index (Phi) is 8.62. The molecule has 0 bridgehead atoms. The van der Waals surface area contributed by atoms with Gasteiger partial charge in [0.1, 0.15) is 11.2 Å². The van der Waals surface area contributed by atoms with Crippen molar-refractivity contribution in [3.05, 3.63) is 241 Å². The molecule has 11 aromatic rings. The first-order valence-corrected chi connectivity index (χ1v) is 21.5. The number of para-hydroxylation sites is 1. The van der Waals surface area contributed by atoms with E-state index >= 15 is 0 Å². The van der Waals surface area contributed by atoms with Gasteiger partial charge in [0.25, 0.3) is 0 Å². The second-order valence-corrected chi connectivity index (χ2v) is 16.7. The highest BCUT2D eigenvalue weighted by molar-refractivity contribution is 6.06. The van der Waals surface area contributed by atoms with Crippen LogP contribution in [0.2, 0.25) is 0 Å². The molecule has 0 saturated carbocycles. The molecule has 12 rings (SSSR count). The van der Waals surface area contributed by atoms with Gasteiger partial charge in [-0.1, -0.05) is 170 Å². The fraction of sp³-hybridized carbons (Fsp3) is 0.0333. The molecule has 0 saturated heterocycles. The summed E-state index contributed by atoms with van der Waals surface area (Å²) in [5, 5.41) is 2.20. The molecule has 1 aliphatic carbocycles. The number of fused-ring (bicyclic) bond motifs is 6. The summed E-state index contributed by atoms with van der Waals surface area (Å²) < 4.78 is 6.26. The number of furan rings is 1. The maximum Gasteiger partial charge on any atom is 0.160 e. The molecule has 63 heavy (non-hydrogen) atoms. The lowest BCUT2D eigenvalue weighted by molar-refractivity contribution is 0.669. The minimum absolute atomic E-state index is 0.333. The van der Waals surface area contributed by atoms with Gasteiger partial charge in [0.05, 0.1) is 11.4 Å². The molecular weight excluding hydrogens is 765 g/mol. The van der Waals surface area contributed by atoms with E-state index in [-0.39, 0.29) is 5.41 Å². The fourth-order valence-electron chi connectivity index (χ4n) is 9.72. The largest absolute Gasteiger partial charge is 0.456 e. The van der Waals surface area contributed by atoms with Crippen LogP contribution in [0, 0.1) is 0 Å². The lowest BCUT2D eigenvalue weighted by Gasteiger charge is -2.28. The third-order valence-electron chi connectivity index (χ3n) is 13.0. The predicted molar refractivity (Wildman–Crippen MR) is 259 cm³/mol. The average molecular weight is 805 g/mol. The summed E-state index contributed by atoms with van der Waals surface area (Å²) in [4.78, 5) is 10.7. The Hall–Kier alpha value is -8.14. The zero-order valence-corrected chi connectivity index (χ0v) is 34.7. The zero-order chi connectivity index (χ0) is 41.9. The highest BCUT2D eigenvalue weighted by Gasteiger charge is 2.40. The number of benzene rings is 9. The van der Waals surface area contributed by atoms with Crippen LogP contribution in [-0.2, 0) is 5.41 Å². The minimum atomic E-state index is -0.333. The molecule has 2 heterocycles. The molecule has 1 aliphatic rings. The second kappa shape index (κ2) is 14.8. The van der Waals surface area contributed by atoms with Crippen molar-refractivity contribution in [1.29, 1.82) is 0 Å².